The molecule has 0 spiro atoms. The molecule has 6 nitrogen and oxygen atoms in total. The Labute approximate surface area is 109 Å². The molecule has 0 fully saturated rings. The maximum absolute atomic E-state index is 5.75. The number of nitrogen functional groups attached to an aromatic ring is 1. The SMILES string of the molecule is COc1ccc(-c2cnc3c(N)nn(C)c3n2)cc1. The third-order valence-corrected chi connectivity index (χ3v) is 2.95. The highest BCUT2D eigenvalue weighted by atomic mass is 16.5. The quantitative estimate of drug-likeness (QED) is 0.752. The number of benzene rings is 1. The van der Waals surface area contributed by atoms with E-state index in [0.29, 0.717) is 17.0 Å². The summed E-state index contributed by atoms with van der Waals surface area (Å²) in [6, 6.07) is 7.65. The minimum atomic E-state index is 0.395. The summed E-state index contributed by atoms with van der Waals surface area (Å²) in [5.41, 5.74) is 8.79. The largest absolute Gasteiger partial charge is 0.497 e. The second-order valence-corrected chi connectivity index (χ2v) is 4.16. The normalized spacial score (nSPS) is 10.8. The van der Waals surface area contributed by atoms with Crippen molar-refractivity contribution >= 4 is 17.0 Å². The molecule has 0 radical (unpaired) electrons. The van der Waals surface area contributed by atoms with Gasteiger partial charge in [0.05, 0.1) is 19.0 Å². The number of aromatic nitrogens is 4. The van der Waals surface area contributed by atoms with Gasteiger partial charge in [0, 0.05) is 12.6 Å². The van der Waals surface area contributed by atoms with Crippen molar-refractivity contribution in [1.82, 2.24) is 19.7 Å². The second-order valence-electron chi connectivity index (χ2n) is 4.16. The first-order chi connectivity index (χ1) is 9.19. The highest BCUT2D eigenvalue weighted by Crippen LogP contribution is 2.23. The molecule has 0 saturated heterocycles. The molecule has 0 saturated carbocycles. The van der Waals surface area contributed by atoms with Crippen LogP contribution in [0.15, 0.2) is 30.5 Å². The molecule has 3 aromatic rings. The lowest BCUT2D eigenvalue weighted by Crippen LogP contribution is -1.94. The van der Waals surface area contributed by atoms with Crippen molar-refractivity contribution in [3.63, 3.8) is 0 Å². The van der Waals surface area contributed by atoms with Crippen LogP contribution >= 0.6 is 0 Å². The highest BCUT2D eigenvalue weighted by Gasteiger charge is 2.10. The summed E-state index contributed by atoms with van der Waals surface area (Å²) < 4.78 is 6.76. The summed E-state index contributed by atoms with van der Waals surface area (Å²) in [5.74, 6) is 1.20. The van der Waals surface area contributed by atoms with Crippen molar-refractivity contribution in [2.45, 2.75) is 0 Å². The molecule has 19 heavy (non-hydrogen) atoms. The van der Waals surface area contributed by atoms with E-state index in [2.05, 4.69) is 15.1 Å². The van der Waals surface area contributed by atoms with Crippen LogP contribution in [0.3, 0.4) is 0 Å². The van der Waals surface area contributed by atoms with Gasteiger partial charge >= 0.3 is 0 Å². The van der Waals surface area contributed by atoms with Crippen LogP contribution in [0.5, 0.6) is 5.75 Å². The van der Waals surface area contributed by atoms with Gasteiger partial charge in [0.2, 0.25) is 0 Å². The Morgan fingerprint density at radius 2 is 1.95 bits per heavy atom. The Balaban J connectivity index is 2.11. The smallest absolute Gasteiger partial charge is 0.179 e. The molecule has 96 valence electrons. The summed E-state index contributed by atoms with van der Waals surface area (Å²) >= 11 is 0. The van der Waals surface area contributed by atoms with E-state index in [1.807, 2.05) is 24.3 Å². The lowest BCUT2D eigenvalue weighted by Gasteiger charge is -2.03. The number of hydrogen-bond donors (Lipinski definition) is 1. The van der Waals surface area contributed by atoms with Crippen LogP contribution in [0, 0.1) is 0 Å². The van der Waals surface area contributed by atoms with E-state index in [1.54, 1.807) is 25.0 Å². The summed E-state index contributed by atoms with van der Waals surface area (Å²) in [6.07, 6.45) is 1.70. The average molecular weight is 255 g/mol. The van der Waals surface area contributed by atoms with Crippen molar-refractivity contribution in [1.29, 1.82) is 0 Å². The minimum absolute atomic E-state index is 0.395. The number of ether oxygens (including phenoxy) is 1. The predicted molar refractivity (Wildman–Crippen MR) is 72.7 cm³/mol. The third-order valence-electron chi connectivity index (χ3n) is 2.95. The van der Waals surface area contributed by atoms with Crippen molar-refractivity contribution in [2.24, 2.45) is 7.05 Å². The lowest BCUT2D eigenvalue weighted by molar-refractivity contribution is 0.415. The van der Waals surface area contributed by atoms with Gasteiger partial charge in [-0.2, -0.15) is 5.10 Å². The van der Waals surface area contributed by atoms with Gasteiger partial charge in [0.1, 0.15) is 5.75 Å². The second kappa shape index (κ2) is 4.24. The van der Waals surface area contributed by atoms with Gasteiger partial charge in [-0.25, -0.2) is 14.6 Å². The van der Waals surface area contributed by atoms with Crippen molar-refractivity contribution in [3.8, 4) is 17.0 Å². The topological polar surface area (TPSA) is 78.9 Å². The minimum Gasteiger partial charge on any atom is -0.497 e. The van der Waals surface area contributed by atoms with Crippen LogP contribution in [-0.2, 0) is 7.05 Å². The summed E-state index contributed by atoms with van der Waals surface area (Å²) in [4.78, 5) is 8.86. The third kappa shape index (κ3) is 1.87. The van der Waals surface area contributed by atoms with Gasteiger partial charge in [-0.1, -0.05) is 0 Å². The van der Waals surface area contributed by atoms with Gasteiger partial charge in [-0.15, -0.1) is 0 Å². The molecule has 2 heterocycles. The Bertz CT molecular complexity index is 733. The monoisotopic (exact) mass is 255 g/mol. The van der Waals surface area contributed by atoms with E-state index < -0.39 is 0 Å². The highest BCUT2D eigenvalue weighted by molar-refractivity contribution is 5.83. The molecule has 2 N–H and O–H groups in total. The standard InChI is InChI=1S/C13H13N5O/c1-18-13-11(12(14)17-18)15-7-10(16-13)8-3-5-9(19-2)6-4-8/h3-7H,1-2H3,(H2,14,17). The van der Waals surface area contributed by atoms with Crippen LogP contribution in [0.2, 0.25) is 0 Å². The number of aryl methyl sites for hydroxylation is 1. The Morgan fingerprint density at radius 1 is 1.21 bits per heavy atom. The molecule has 0 aliphatic rings. The Morgan fingerprint density at radius 3 is 2.63 bits per heavy atom. The van der Waals surface area contributed by atoms with Crippen LogP contribution in [-0.4, -0.2) is 26.9 Å². The van der Waals surface area contributed by atoms with E-state index in [9.17, 15) is 0 Å². The molecular formula is C13H13N5O. The maximum Gasteiger partial charge on any atom is 0.179 e. The number of rotatable bonds is 2. The zero-order chi connectivity index (χ0) is 13.4. The molecule has 6 heteroatoms. The van der Waals surface area contributed by atoms with Gasteiger partial charge in [0.15, 0.2) is 17.0 Å². The molecule has 0 aliphatic carbocycles. The molecule has 0 aliphatic heterocycles. The van der Waals surface area contributed by atoms with Crippen LogP contribution < -0.4 is 10.5 Å². The molecule has 0 atom stereocenters. The Kier molecular flexibility index (Phi) is 2.56. The predicted octanol–water partition coefficient (Wildman–Crippen LogP) is 1.62. The first kappa shape index (κ1) is 11.5. The van der Waals surface area contributed by atoms with Gasteiger partial charge in [-0.3, -0.25) is 0 Å². The maximum atomic E-state index is 5.75. The fourth-order valence-corrected chi connectivity index (χ4v) is 1.94. The number of nitrogens with zero attached hydrogens (tertiary/aromatic N) is 4. The van der Waals surface area contributed by atoms with E-state index in [-0.39, 0.29) is 0 Å². The molecule has 0 unspecified atom stereocenters. The van der Waals surface area contributed by atoms with E-state index in [4.69, 9.17) is 10.5 Å². The van der Waals surface area contributed by atoms with E-state index in [0.717, 1.165) is 17.0 Å². The molecule has 0 amide bonds. The fraction of sp³-hybridized carbons (Fsp3) is 0.154. The molecular weight excluding hydrogens is 242 g/mol. The first-order valence-electron chi connectivity index (χ1n) is 5.78. The molecule has 3 rings (SSSR count). The zero-order valence-corrected chi connectivity index (χ0v) is 10.7. The number of anilines is 1. The molecule has 2 aromatic heterocycles. The average Bonchev–Trinajstić information content (AvgIpc) is 2.74. The van der Waals surface area contributed by atoms with Crippen molar-refractivity contribution in [2.75, 3.05) is 12.8 Å². The van der Waals surface area contributed by atoms with Crippen LogP contribution in [0.25, 0.3) is 22.4 Å². The van der Waals surface area contributed by atoms with Crippen molar-refractivity contribution in [3.05, 3.63) is 30.5 Å². The zero-order valence-electron chi connectivity index (χ0n) is 10.7. The Hall–Kier alpha value is -2.63. The molecule has 1 aromatic carbocycles. The van der Waals surface area contributed by atoms with Gasteiger partial charge in [-0.05, 0) is 24.3 Å². The van der Waals surface area contributed by atoms with E-state index >= 15 is 0 Å². The number of methoxy groups -OCH3 is 1. The summed E-state index contributed by atoms with van der Waals surface area (Å²) in [7, 11) is 3.43. The van der Waals surface area contributed by atoms with Gasteiger partial charge in [0.25, 0.3) is 0 Å². The van der Waals surface area contributed by atoms with E-state index in [1.165, 1.54) is 0 Å². The summed E-state index contributed by atoms with van der Waals surface area (Å²) in [5, 5.41) is 4.10. The lowest BCUT2D eigenvalue weighted by atomic mass is 10.1. The number of hydrogen-bond acceptors (Lipinski definition) is 5. The van der Waals surface area contributed by atoms with Crippen molar-refractivity contribution < 1.29 is 4.74 Å². The number of nitrogens with two attached hydrogens (primary N) is 1. The van der Waals surface area contributed by atoms with Gasteiger partial charge < -0.3 is 10.5 Å². The summed E-state index contributed by atoms with van der Waals surface area (Å²) in [6.45, 7) is 0. The molecule has 0 bridgehead atoms. The number of fused-ring (bicyclic) bond motifs is 1. The first-order valence-corrected chi connectivity index (χ1v) is 5.78. The fourth-order valence-electron chi connectivity index (χ4n) is 1.94. The van der Waals surface area contributed by atoms with Crippen LogP contribution in [0.4, 0.5) is 5.82 Å². The van der Waals surface area contributed by atoms with Crippen LogP contribution in [0.1, 0.15) is 0 Å².